The third-order valence-corrected chi connectivity index (χ3v) is 5.63. The number of nitrogens with zero attached hydrogens (tertiary/aromatic N) is 3. The summed E-state index contributed by atoms with van der Waals surface area (Å²) in [6, 6.07) is 7.47. The van der Waals surface area contributed by atoms with Crippen molar-refractivity contribution in [1.29, 1.82) is 5.26 Å². The van der Waals surface area contributed by atoms with Crippen molar-refractivity contribution in [3.05, 3.63) is 29.3 Å². The van der Waals surface area contributed by atoms with Crippen LogP contribution in [-0.4, -0.2) is 42.8 Å². The summed E-state index contributed by atoms with van der Waals surface area (Å²) in [7, 11) is 0. The number of Topliss-reactive ketones (excluding diaryl/α,β-unsaturated/α-hetero) is 1. The number of piperidine rings is 1. The van der Waals surface area contributed by atoms with Gasteiger partial charge in [0.15, 0.2) is 5.78 Å². The second-order valence-electron chi connectivity index (χ2n) is 7.40. The SMILES string of the molecule is CC(=O)c1ccc(C#N)c(N2CCC(C(=O)N3CCCCCC3)CC2)c1. The van der Waals surface area contributed by atoms with Crippen LogP contribution < -0.4 is 4.90 Å². The van der Waals surface area contributed by atoms with E-state index in [4.69, 9.17) is 0 Å². The zero-order valence-corrected chi connectivity index (χ0v) is 15.5. The number of anilines is 1. The lowest BCUT2D eigenvalue weighted by atomic mass is 9.94. The molecule has 5 nitrogen and oxygen atoms in total. The van der Waals surface area contributed by atoms with Gasteiger partial charge < -0.3 is 9.80 Å². The van der Waals surface area contributed by atoms with Crippen molar-refractivity contribution in [3.8, 4) is 6.07 Å². The summed E-state index contributed by atoms with van der Waals surface area (Å²) < 4.78 is 0. The van der Waals surface area contributed by atoms with Gasteiger partial charge in [0.05, 0.1) is 11.3 Å². The Morgan fingerprint density at radius 2 is 1.69 bits per heavy atom. The number of hydrogen-bond donors (Lipinski definition) is 0. The van der Waals surface area contributed by atoms with Crippen molar-refractivity contribution in [2.45, 2.75) is 45.4 Å². The number of rotatable bonds is 3. The van der Waals surface area contributed by atoms with Crippen molar-refractivity contribution in [2.24, 2.45) is 5.92 Å². The van der Waals surface area contributed by atoms with Gasteiger partial charge in [0.2, 0.25) is 5.91 Å². The fourth-order valence-corrected chi connectivity index (χ4v) is 4.02. The number of carbonyl (C=O) groups excluding carboxylic acids is 2. The van der Waals surface area contributed by atoms with Gasteiger partial charge in [-0.1, -0.05) is 12.8 Å². The van der Waals surface area contributed by atoms with E-state index in [1.165, 1.54) is 19.8 Å². The molecule has 0 aromatic heterocycles. The molecular formula is C21H27N3O2. The molecule has 1 amide bonds. The Labute approximate surface area is 155 Å². The largest absolute Gasteiger partial charge is 0.370 e. The Balaban J connectivity index is 1.66. The lowest BCUT2D eigenvalue weighted by molar-refractivity contribution is -0.136. The highest BCUT2D eigenvalue weighted by Crippen LogP contribution is 2.29. The highest BCUT2D eigenvalue weighted by Gasteiger charge is 2.29. The molecule has 0 aliphatic carbocycles. The van der Waals surface area contributed by atoms with Crippen LogP contribution in [0.4, 0.5) is 5.69 Å². The second kappa shape index (κ2) is 8.35. The number of carbonyl (C=O) groups is 2. The van der Waals surface area contributed by atoms with Crippen LogP contribution >= 0.6 is 0 Å². The van der Waals surface area contributed by atoms with Gasteiger partial charge >= 0.3 is 0 Å². The summed E-state index contributed by atoms with van der Waals surface area (Å²) in [6.45, 7) is 4.84. The van der Waals surface area contributed by atoms with E-state index in [1.54, 1.807) is 12.1 Å². The van der Waals surface area contributed by atoms with E-state index in [1.807, 2.05) is 6.07 Å². The molecule has 2 saturated heterocycles. The fourth-order valence-electron chi connectivity index (χ4n) is 4.02. The first-order chi connectivity index (χ1) is 12.6. The first-order valence-corrected chi connectivity index (χ1v) is 9.69. The highest BCUT2D eigenvalue weighted by atomic mass is 16.2. The van der Waals surface area contributed by atoms with Gasteiger partial charge in [0.1, 0.15) is 6.07 Å². The topological polar surface area (TPSA) is 64.4 Å². The van der Waals surface area contributed by atoms with Crippen LogP contribution in [0.1, 0.15) is 61.4 Å². The number of nitriles is 1. The van der Waals surface area contributed by atoms with Crippen LogP contribution in [0.15, 0.2) is 18.2 Å². The highest BCUT2D eigenvalue weighted by molar-refractivity contribution is 5.95. The molecule has 0 unspecified atom stereocenters. The quantitative estimate of drug-likeness (QED) is 0.782. The van der Waals surface area contributed by atoms with E-state index in [0.717, 1.165) is 57.5 Å². The molecule has 0 N–H and O–H groups in total. The summed E-state index contributed by atoms with van der Waals surface area (Å²) in [5.41, 5.74) is 2.04. The van der Waals surface area contributed by atoms with Crippen molar-refractivity contribution >= 4 is 17.4 Å². The smallest absolute Gasteiger partial charge is 0.225 e. The average molecular weight is 353 g/mol. The molecule has 26 heavy (non-hydrogen) atoms. The van der Waals surface area contributed by atoms with E-state index in [9.17, 15) is 14.9 Å². The first-order valence-electron chi connectivity index (χ1n) is 9.69. The van der Waals surface area contributed by atoms with Gasteiger partial charge in [0, 0.05) is 37.7 Å². The molecule has 1 aromatic carbocycles. The molecule has 138 valence electrons. The lowest BCUT2D eigenvalue weighted by Gasteiger charge is -2.35. The molecule has 0 bridgehead atoms. The monoisotopic (exact) mass is 353 g/mol. The van der Waals surface area contributed by atoms with E-state index < -0.39 is 0 Å². The summed E-state index contributed by atoms with van der Waals surface area (Å²) in [5, 5.41) is 9.39. The Morgan fingerprint density at radius 3 is 2.27 bits per heavy atom. The summed E-state index contributed by atoms with van der Waals surface area (Å²) in [6.07, 6.45) is 6.31. The molecule has 1 aromatic rings. The maximum atomic E-state index is 12.8. The zero-order valence-electron chi connectivity index (χ0n) is 15.5. The molecule has 2 aliphatic heterocycles. The first kappa shape index (κ1) is 18.4. The van der Waals surface area contributed by atoms with E-state index in [0.29, 0.717) is 17.0 Å². The lowest BCUT2D eigenvalue weighted by Crippen LogP contribution is -2.43. The summed E-state index contributed by atoms with van der Waals surface area (Å²) in [5.74, 6) is 0.400. The van der Waals surface area contributed by atoms with Crippen molar-refractivity contribution in [2.75, 3.05) is 31.1 Å². The van der Waals surface area contributed by atoms with E-state index >= 15 is 0 Å². The van der Waals surface area contributed by atoms with Gasteiger partial charge in [-0.25, -0.2) is 0 Å². The van der Waals surface area contributed by atoms with Crippen LogP contribution in [0.5, 0.6) is 0 Å². The number of likely N-dealkylation sites (tertiary alicyclic amines) is 1. The van der Waals surface area contributed by atoms with Crippen LogP contribution in [-0.2, 0) is 4.79 Å². The molecule has 5 heteroatoms. The minimum atomic E-state index is 0.00182. The molecular weight excluding hydrogens is 326 g/mol. The molecule has 2 fully saturated rings. The minimum Gasteiger partial charge on any atom is -0.370 e. The maximum Gasteiger partial charge on any atom is 0.225 e. The molecule has 2 heterocycles. The molecule has 2 aliphatic rings. The maximum absolute atomic E-state index is 12.8. The third kappa shape index (κ3) is 4.07. The van der Waals surface area contributed by atoms with Gasteiger partial charge in [-0.15, -0.1) is 0 Å². The van der Waals surface area contributed by atoms with Gasteiger partial charge in [-0.2, -0.15) is 5.26 Å². The fraction of sp³-hybridized carbons (Fsp3) is 0.571. The number of benzene rings is 1. The van der Waals surface area contributed by atoms with Crippen LogP contribution in [0.25, 0.3) is 0 Å². The Morgan fingerprint density at radius 1 is 1.04 bits per heavy atom. The molecule has 0 saturated carbocycles. The molecule has 0 radical (unpaired) electrons. The Bertz CT molecular complexity index is 706. The molecule has 3 rings (SSSR count). The normalized spacial score (nSPS) is 18.9. The number of amides is 1. The van der Waals surface area contributed by atoms with Crippen molar-refractivity contribution < 1.29 is 9.59 Å². The van der Waals surface area contributed by atoms with E-state index in [-0.39, 0.29) is 11.7 Å². The predicted molar refractivity (Wildman–Crippen MR) is 101 cm³/mol. The Hall–Kier alpha value is -2.35. The van der Waals surface area contributed by atoms with Gasteiger partial charge in [0.25, 0.3) is 0 Å². The number of hydrogen-bond acceptors (Lipinski definition) is 4. The molecule has 0 spiro atoms. The summed E-state index contributed by atoms with van der Waals surface area (Å²) in [4.78, 5) is 28.7. The number of ketones is 1. The minimum absolute atomic E-state index is 0.00182. The van der Waals surface area contributed by atoms with Crippen molar-refractivity contribution in [1.82, 2.24) is 4.90 Å². The van der Waals surface area contributed by atoms with Crippen LogP contribution in [0, 0.1) is 17.2 Å². The van der Waals surface area contributed by atoms with E-state index in [2.05, 4.69) is 15.9 Å². The van der Waals surface area contributed by atoms with Gasteiger partial charge in [-0.05, 0) is 50.8 Å². The zero-order chi connectivity index (χ0) is 18.5. The summed E-state index contributed by atoms with van der Waals surface area (Å²) >= 11 is 0. The average Bonchev–Trinajstić information content (AvgIpc) is 2.96. The van der Waals surface area contributed by atoms with Crippen LogP contribution in [0.3, 0.4) is 0 Å². The van der Waals surface area contributed by atoms with Crippen molar-refractivity contribution in [3.63, 3.8) is 0 Å². The third-order valence-electron chi connectivity index (χ3n) is 5.63. The van der Waals surface area contributed by atoms with Gasteiger partial charge in [-0.3, -0.25) is 9.59 Å². The second-order valence-corrected chi connectivity index (χ2v) is 7.40. The van der Waals surface area contributed by atoms with Crippen LogP contribution in [0.2, 0.25) is 0 Å². The predicted octanol–water partition coefficient (Wildman–Crippen LogP) is 3.38. The Kier molecular flexibility index (Phi) is 5.92. The standard InChI is InChI=1S/C21H27N3O2/c1-16(25)18-6-7-19(15-22)20(14-18)23-12-8-17(9-13-23)21(26)24-10-4-2-3-5-11-24/h6-7,14,17H,2-5,8-13H2,1H3. The molecule has 0 atom stereocenters.